The SMILES string of the molecule is CC1(C)c2ccccc2-c2ccc(N(c3ccc4c(c3)-c3cc5c(cc3C4(C)C)-c3c(ccc4ccccc34)C5(C)C)c3ccc4c(c3)C(C)(C)c3ccccc3-4)cc21. The highest BCUT2D eigenvalue weighted by Gasteiger charge is 2.43. The maximum absolute atomic E-state index is 2.56. The fourth-order valence-electron chi connectivity index (χ4n) is 12.0. The van der Waals surface area contributed by atoms with Crippen LogP contribution >= 0.6 is 0 Å². The van der Waals surface area contributed by atoms with Gasteiger partial charge in [0.15, 0.2) is 0 Å². The molecule has 8 aromatic carbocycles. The van der Waals surface area contributed by atoms with Crippen molar-refractivity contribution in [3.8, 4) is 44.5 Å². The lowest BCUT2D eigenvalue weighted by atomic mass is 9.79. The first-order valence-corrected chi connectivity index (χ1v) is 21.4. The lowest BCUT2D eigenvalue weighted by Crippen LogP contribution is -2.18. The highest BCUT2D eigenvalue weighted by atomic mass is 15.1. The van der Waals surface area contributed by atoms with E-state index in [9.17, 15) is 0 Å². The standard InChI is InChI=1S/C58H49N/c1-55(2)46-19-13-11-17-39(46)41-25-22-36(30-50(41)55)59(37-23-26-42-40-18-12-14-20-47(40)56(3,4)51(42)31-37)35-24-28-48-43(29-35)44-32-53-45(33-52(44)57(48,5)6)54-38-16-10-9-15-34(38)21-27-49(54)58(53,7)8/h9-33H,1-8H3. The van der Waals surface area contributed by atoms with E-state index in [-0.39, 0.29) is 21.7 Å². The number of fused-ring (bicyclic) bond motifs is 14. The van der Waals surface area contributed by atoms with E-state index in [1.165, 1.54) is 117 Å². The van der Waals surface area contributed by atoms with Crippen LogP contribution in [0.4, 0.5) is 17.1 Å². The van der Waals surface area contributed by atoms with Gasteiger partial charge in [-0.05, 0) is 148 Å². The number of nitrogens with zero attached hydrogens (tertiary/aromatic N) is 1. The third kappa shape index (κ3) is 4.41. The third-order valence-electron chi connectivity index (χ3n) is 15.3. The van der Waals surface area contributed by atoms with E-state index in [4.69, 9.17) is 0 Å². The zero-order valence-electron chi connectivity index (χ0n) is 35.4. The highest BCUT2D eigenvalue weighted by molar-refractivity contribution is 6.04. The van der Waals surface area contributed by atoms with Crippen LogP contribution in [0.25, 0.3) is 55.3 Å². The first-order valence-electron chi connectivity index (χ1n) is 21.4. The minimum Gasteiger partial charge on any atom is -0.310 e. The predicted molar refractivity (Wildman–Crippen MR) is 249 cm³/mol. The molecule has 4 aliphatic carbocycles. The molecule has 286 valence electrons. The molecule has 0 bridgehead atoms. The summed E-state index contributed by atoms with van der Waals surface area (Å²) < 4.78 is 0. The lowest BCUT2D eigenvalue weighted by molar-refractivity contribution is 0.652. The Hall–Kier alpha value is -6.18. The monoisotopic (exact) mass is 759 g/mol. The zero-order chi connectivity index (χ0) is 40.4. The van der Waals surface area contributed by atoms with Gasteiger partial charge in [0, 0.05) is 38.7 Å². The Morgan fingerprint density at radius 2 is 0.695 bits per heavy atom. The van der Waals surface area contributed by atoms with Gasteiger partial charge in [-0.3, -0.25) is 0 Å². The molecule has 0 heterocycles. The van der Waals surface area contributed by atoms with Crippen LogP contribution in [0.1, 0.15) is 99.9 Å². The molecule has 0 spiro atoms. The molecule has 0 saturated heterocycles. The normalized spacial score (nSPS) is 17.0. The van der Waals surface area contributed by atoms with Crippen molar-refractivity contribution in [3.05, 3.63) is 196 Å². The van der Waals surface area contributed by atoms with Gasteiger partial charge in [0.05, 0.1) is 0 Å². The van der Waals surface area contributed by atoms with E-state index in [1.54, 1.807) is 0 Å². The average molecular weight is 760 g/mol. The minimum atomic E-state index is -0.146. The van der Waals surface area contributed by atoms with Crippen molar-refractivity contribution in [2.75, 3.05) is 4.90 Å². The number of hydrogen-bond acceptors (Lipinski definition) is 1. The van der Waals surface area contributed by atoms with E-state index in [0.29, 0.717) is 0 Å². The zero-order valence-corrected chi connectivity index (χ0v) is 35.4. The minimum absolute atomic E-state index is 0.105. The summed E-state index contributed by atoms with van der Waals surface area (Å²) in [6.07, 6.45) is 0. The summed E-state index contributed by atoms with van der Waals surface area (Å²) in [5, 5.41) is 2.66. The summed E-state index contributed by atoms with van der Waals surface area (Å²) in [7, 11) is 0. The van der Waals surface area contributed by atoms with Crippen LogP contribution in [0.2, 0.25) is 0 Å². The fraction of sp³-hybridized carbons (Fsp3) is 0.207. The Balaban J connectivity index is 1.07. The van der Waals surface area contributed by atoms with E-state index in [2.05, 4.69) is 212 Å². The van der Waals surface area contributed by atoms with Crippen LogP contribution in [0, 0.1) is 0 Å². The molecule has 8 aromatic rings. The predicted octanol–water partition coefficient (Wildman–Crippen LogP) is 15.5. The van der Waals surface area contributed by atoms with Crippen molar-refractivity contribution in [1.29, 1.82) is 0 Å². The summed E-state index contributed by atoms with van der Waals surface area (Å²) >= 11 is 0. The molecule has 0 aliphatic heterocycles. The molecule has 0 N–H and O–H groups in total. The van der Waals surface area contributed by atoms with Crippen LogP contribution in [0.5, 0.6) is 0 Å². The second kappa shape index (κ2) is 11.3. The van der Waals surface area contributed by atoms with Crippen LogP contribution in [0.15, 0.2) is 152 Å². The van der Waals surface area contributed by atoms with Crippen molar-refractivity contribution < 1.29 is 0 Å². The van der Waals surface area contributed by atoms with Gasteiger partial charge < -0.3 is 4.90 Å². The van der Waals surface area contributed by atoms with Gasteiger partial charge in [-0.25, -0.2) is 0 Å². The lowest BCUT2D eigenvalue weighted by Gasteiger charge is -2.30. The quantitative estimate of drug-likeness (QED) is 0.173. The second-order valence-corrected chi connectivity index (χ2v) is 19.8. The number of rotatable bonds is 3. The summed E-state index contributed by atoms with van der Waals surface area (Å²) in [5.41, 5.74) is 25.2. The molecular formula is C58H49N. The maximum Gasteiger partial charge on any atom is 0.0468 e. The van der Waals surface area contributed by atoms with Crippen molar-refractivity contribution in [3.63, 3.8) is 0 Å². The molecule has 0 saturated carbocycles. The van der Waals surface area contributed by atoms with Crippen LogP contribution in [0.3, 0.4) is 0 Å². The van der Waals surface area contributed by atoms with Gasteiger partial charge in [-0.15, -0.1) is 0 Å². The molecule has 1 heteroatoms. The highest BCUT2D eigenvalue weighted by Crippen LogP contribution is 2.59. The van der Waals surface area contributed by atoms with Crippen LogP contribution < -0.4 is 4.90 Å². The molecule has 0 fully saturated rings. The number of anilines is 3. The Kier molecular flexibility index (Phi) is 6.67. The largest absolute Gasteiger partial charge is 0.310 e. The summed E-state index contributed by atoms with van der Waals surface area (Å²) in [6.45, 7) is 19.2. The first kappa shape index (κ1) is 34.8. The van der Waals surface area contributed by atoms with Gasteiger partial charge >= 0.3 is 0 Å². The summed E-state index contributed by atoms with van der Waals surface area (Å²) in [6, 6.07) is 58.4. The molecule has 0 amide bonds. The smallest absolute Gasteiger partial charge is 0.0468 e. The van der Waals surface area contributed by atoms with E-state index in [0.717, 1.165) is 0 Å². The number of benzene rings is 8. The maximum atomic E-state index is 2.56. The third-order valence-corrected chi connectivity index (χ3v) is 15.3. The van der Waals surface area contributed by atoms with Gasteiger partial charge in [0.1, 0.15) is 0 Å². The average Bonchev–Trinajstić information content (AvgIpc) is 3.80. The van der Waals surface area contributed by atoms with Crippen LogP contribution in [-0.4, -0.2) is 0 Å². The Labute approximate surface area is 349 Å². The first-order chi connectivity index (χ1) is 28.3. The molecule has 0 radical (unpaired) electrons. The molecule has 1 nitrogen and oxygen atoms in total. The molecule has 4 aliphatic rings. The van der Waals surface area contributed by atoms with Crippen molar-refractivity contribution in [2.24, 2.45) is 0 Å². The Morgan fingerprint density at radius 3 is 1.32 bits per heavy atom. The van der Waals surface area contributed by atoms with Gasteiger partial charge in [-0.2, -0.15) is 0 Å². The van der Waals surface area contributed by atoms with Crippen molar-refractivity contribution in [2.45, 2.75) is 77.0 Å². The second-order valence-electron chi connectivity index (χ2n) is 19.8. The molecule has 0 aromatic heterocycles. The topological polar surface area (TPSA) is 3.24 Å². The molecule has 0 atom stereocenters. The van der Waals surface area contributed by atoms with E-state index < -0.39 is 0 Å². The van der Waals surface area contributed by atoms with E-state index in [1.807, 2.05) is 0 Å². The summed E-state index contributed by atoms with van der Waals surface area (Å²) in [5.74, 6) is 0. The molecule has 0 unspecified atom stereocenters. The van der Waals surface area contributed by atoms with Gasteiger partial charge in [-0.1, -0.05) is 159 Å². The fourth-order valence-corrected chi connectivity index (χ4v) is 12.0. The Bertz CT molecular complexity index is 3060. The van der Waals surface area contributed by atoms with Crippen molar-refractivity contribution in [1.82, 2.24) is 0 Å². The van der Waals surface area contributed by atoms with E-state index >= 15 is 0 Å². The Morgan fingerprint density at radius 1 is 0.288 bits per heavy atom. The van der Waals surface area contributed by atoms with Gasteiger partial charge in [0.2, 0.25) is 0 Å². The molecular weight excluding hydrogens is 711 g/mol. The molecule has 12 rings (SSSR count). The van der Waals surface area contributed by atoms with Crippen molar-refractivity contribution >= 4 is 27.8 Å². The summed E-state index contributed by atoms with van der Waals surface area (Å²) in [4.78, 5) is 2.53. The van der Waals surface area contributed by atoms with Crippen LogP contribution in [-0.2, 0) is 21.7 Å². The number of hydrogen-bond donors (Lipinski definition) is 0. The molecule has 59 heavy (non-hydrogen) atoms. The van der Waals surface area contributed by atoms with Gasteiger partial charge in [0.25, 0.3) is 0 Å².